The zero-order valence-electron chi connectivity index (χ0n) is 6.49. The minimum Gasteiger partial charge on any atom is -0.401 e. The van der Waals surface area contributed by atoms with Crippen LogP contribution >= 0.6 is 0 Å². The van der Waals surface area contributed by atoms with Crippen molar-refractivity contribution >= 4 is 17.4 Å². The van der Waals surface area contributed by atoms with Crippen molar-refractivity contribution in [2.45, 2.75) is 4.90 Å². The van der Waals surface area contributed by atoms with Crippen molar-refractivity contribution in [1.82, 2.24) is 0 Å². The summed E-state index contributed by atoms with van der Waals surface area (Å²) in [5, 5.41) is 16.6. The minimum atomic E-state index is -4.06. The van der Waals surface area contributed by atoms with Crippen LogP contribution < -0.4 is 0 Å². The van der Waals surface area contributed by atoms with E-state index in [1.807, 2.05) is 0 Å². The molecule has 0 fully saturated rings. The monoisotopic (exact) mass is 202 g/mol. The summed E-state index contributed by atoms with van der Waals surface area (Å²) < 4.78 is 26.1. The molecule has 0 aliphatic heterocycles. The van der Waals surface area contributed by atoms with Crippen molar-refractivity contribution < 1.29 is 22.6 Å². The topological polar surface area (TPSA) is 83.8 Å². The molecule has 2 N–H and O–H groups in total. The van der Waals surface area contributed by atoms with Crippen LogP contribution in [0.15, 0.2) is 35.2 Å². The number of benzene rings is 1. The zero-order chi connectivity index (χ0) is 9.90. The molecule has 70 valence electrons. The fourth-order valence-corrected chi connectivity index (χ4v) is 1.58. The van der Waals surface area contributed by atoms with Crippen LogP contribution in [0.2, 0.25) is 0 Å². The molecule has 1 rings (SSSR count). The minimum absolute atomic E-state index is 0.122. The lowest BCUT2D eigenvalue weighted by Gasteiger charge is -2.02. The van der Waals surface area contributed by atoms with Crippen LogP contribution in [0, 0.1) is 0 Å². The molecular weight excluding hydrogens is 195 g/mol. The second kappa shape index (κ2) is 3.88. The standard InChI is InChI=1S/C6H7BO5S/c8-7(9)12-13(10,11)6-4-2-1-3-5-6/h1-5,8-9H. The number of hydrogen-bond acceptors (Lipinski definition) is 5. The normalized spacial score (nSPS) is 11.2. The van der Waals surface area contributed by atoms with E-state index in [9.17, 15) is 8.42 Å². The van der Waals surface area contributed by atoms with Gasteiger partial charge in [0.1, 0.15) is 0 Å². The van der Waals surface area contributed by atoms with Crippen LogP contribution in [-0.4, -0.2) is 25.8 Å². The largest absolute Gasteiger partial charge is 0.649 e. The van der Waals surface area contributed by atoms with Gasteiger partial charge < -0.3 is 10.0 Å². The third-order valence-corrected chi connectivity index (χ3v) is 2.52. The Hall–Kier alpha value is -0.885. The fraction of sp³-hybridized carbons (Fsp3) is 0. The number of rotatable bonds is 3. The maximum Gasteiger partial charge on any atom is 0.649 e. The van der Waals surface area contributed by atoms with E-state index in [1.165, 1.54) is 24.3 Å². The highest BCUT2D eigenvalue weighted by Crippen LogP contribution is 2.10. The maximum absolute atomic E-state index is 11.1. The summed E-state index contributed by atoms with van der Waals surface area (Å²) in [6, 6.07) is 7.21. The second-order valence-corrected chi connectivity index (χ2v) is 3.76. The predicted octanol–water partition coefficient (Wildman–Crippen LogP) is -0.639. The van der Waals surface area contributed by atoms with Crippen LogP contribution in [0.25, 0.3) is 0 Å². The molecule has 13 heavy (non-hydrogen) atoms. The Kier molecular flexibility index (Phi) is 3.05. The van der Waals surface area contributed by atoms with E-state index in [0.29, 0.717) is 0 Å². The van der Waals surface area contributed by atoms with E-state index in [0.717, 1.165) is 0 Å². The van der Waals surface area contributed by atoms with Crippen LogP contribution in [0.3, 0.4) is 0 Å². The van der Waals surface area contributed by atoms with Gasteiger partial charge in [-0.05, 0) is 12.1 Å². The molecule has 7 heteroatoms. The molecule has 0 radical (unpaired) electrons. The van der Waals surface area contributed by atoms with Gasteiger partial charge in [-0.3, -0.25) is 4.10 Å². The van der Waals surface area contributed by atoms with Gasteiger partial charge >= 0.3 is 7.32 Å². The maximum atomic E-state index is 11.1. The Morgan fingerprint density at radius 1 is 1.15 bits per heavy atom. The van der Waals surface area contributed by atoms with E-state index < -0.39 is 17.4 Å². The van der Waals surface area contributed by atoms with Crippen LogP contribution in [0.1, 0.15) is 0 Å². The lowest BCUT2D eigenvalue weighted by Crippen LogP contribution is -2.22. The first-order chi connectivity index (χ1) is 6.02. The molecule has 0 spiro atoms. The lowest BCUT2D eigenvalue weighted by atomic mass is 10.3. The summed E-state index contributed by atoms with van der Waals surface area (Å²) in [4.78, 5) is -0.122. The summed E-state index contributed by atoms with van der Waals surface area (Å²) >= 11 is 0. The fourth-order valence-electron chi connectivity index (χ4n) is 0.756. The summed E-state index contributed by atoms with van der Waals surface area (Å²) in [6.45, 7) is 0. The molecule has 1 aromatic rings. The van der Waals surface area contributed by atoms with Crippen molar-refractivity contribution in [2.24, 2.45) is 0 Å². The van der Waals surface area contributed by atoms with Gasteiger partial charge in [-0.25, -0.2) is 0 Å². The third-order valence-electron chi connectivity index (χ3n) is 1.24. The van der Waals surface area contributed by atoms with Crippen LogP contribution in [0.4, 0.5) is 0 Å². The third kappa shape index (κ3) is 2.81. The number of hydrogen-bond donors (Lipinski definition) is 2. The average Bonchev–Trinajstić information content (AvgIpc) is 2.04. The van der Waals surface area contributed by atoms with Gasteiger partial charge in [0.25, 0.3) is 10.1 Å². The molecule has 0 atom stereocenters. The quantitative estimate of drug-likeness (QED) is 0.637. The van der Waals surface area contributed by atoms with Crippen molar-refractivity contribution in [3.05, 3.63) is 30.3 Å². The molecule has 0 bridgehead atoms. The first-order valence-electron chi connectivity index (χ1n) is 3.37. The summed E-state index contributed by atoms with van der Waals surface area (Å²) in [5.41, 5.74) is 0. The summed E-state index contributed by atoms with van der Waals surface area (Å²) in [5.74, 6) is 0. The predicted molar refractivity (Wildman–Crippen MR) is 44.9 cm³/mol. The van der Waals surface area contributed by atoms with E-state index in [-0.39, 0.29) is 4.90 Å². The first kappa shape index (κ1) is 10.2. The van der Waals surface area contributed by atoms with Crippen molar-refractivity contribution in [1.29, 1.82) is 0 Å². The molecule has 0 heterocycles. The molecule has 0 saturated heterocycles. The summed E-state index contributed by atoms with van der Waals surface area (Å²) in [7, 11) is -6.39. The van der Waals surface area contributed by atoms with Gasteiger partial charge in [-0.15, -0.1) is 0 Å². The van der Waals surface area contributed by atoms with Gasteiger partial charge in [0.15, 0.2) is 0 Å². The van der Waals surface area contributed by atoms with Crippen molar-refractivity contribution in [3.63, 3.8) is 0 Å². The Morgan fingerprint density at radius 3 is 2.15 bits per heavy atom. The van der Waals surface area contributed by atoms with Gasteiger partial charge in [0, 0.05) is 0 Å². The Morgan fingerprint density at radius 2 is 1.69 bits per heavy atom. The molecule has 0 aliphatic carbocycles. The Balaban J connectivity index is 2.96. The lowest BCUT2D eigenvalue weighted by molar-refractivity contribution is 0.290. The highest BCUT2D eigenvalue weighted by Gasteiger charge is 2.22. The van der Waals surface area contributed by atoms with E-state index >= 15 is 0 Å². The molecule has 0 amide bonds. The highest BCUT2D eigenvalue weighted by molar-refractivity contribution is 7.87. The Labute approximate surface area is 75.9 Å². The van der Waals surface area contributed by atoms with Gasteiger partial charge in [-0.2, -0.15) is 8.42 Å². The zero-order valence-corrected chi connectivity index (χ0v) is 7.31. The molecule has 0 aliphatic rings. The van der Waals surface area contributed by atoms with E-state index in [2.05, 4.69) is 4.10 Å². The van der Waals surface area contributed by atoms with E-state index in [1.54, 1.807) is 6.07 Å². The molecule has 1 aromatic carbocycles. The molecular formula is C6H7BO5S. The SMILES string of the molecule is O=S(=O)(OB(O)O)c1ccccc1. The van der Waals surface area contributed by atoms with Crippen molar-refractivity contribution in [3.8, 4) is 0 Å². The average molecular weight is 202 g/mol. The van der Waals surface area contributed by atoms with Crippen LogP contribution in [0.5, 0.6) is 0 Å². The van der Waals surface area contributed by atoms with Gasteiger partial charge in [0.2, 0.25) is 0 Å². The van der Waals surface area contributed by atoms with E-state index in [4.69, 9.17) is 10.0 Å². The highest BCUT2D eigenvalue weighted by atomic mass is 32.2. The smallest absolute Gasteiger partial charge is 0.401 e. The van der Waals surface area contributed by atoms with Crippen molar-refractivity contribution in [2.75, 3.05) is 0 Å². The molecule has 0 saturated carbocycles. The first-order valence-corrected chi connectivity index (χ1v) is 4.78. The van der Waals surface area contributed by atoms with Gasteiger partial charge in [0.05, 0.1) is 4.90 Å². The van der Waals surface area contributed by atoms with Crippen LogP contribution in [-0.2, 0) is 14.2 Å². The van der Waals surface area contributed by atoms with Gasteiger partial charge in [-0.1, -0.05) is 18.2 Å². The Bertz CT molecular complexity index is 360. The molecule has 0 unspecified atom stereocenters. The summed E-state index contributed by atoms with van der Waals surface area (Å²) in [6.07, 6.45) is 0. The second-order valence-electron chi connectivity index (χ2n) is 2.19. The molecule has 5 nitrogen and oxygen atoms in total. The molecule has 0 aromatic heterocycles.